The molecule has 0 fully saturated rings. The predicted molar refractivity (Wildman–Crippen MR) is 97.5 cm³/mol. The molecule has 0 aromatic heterocycles. The number of anilines is 2. The molecule has 0 saturated carbocycles. The summed E-state index contributed by atoms with van der Waals surface area (Å²) in [7, 11) is 3.11. The van der Waals surface area contributed by atoms with Crippen LogP contribution in [0.25, 0.3) is 0 Å². The fraction of sp³-hybridized carbons (Fsp3) is 0.278. The molecule has 5 nitrogen and oxygen atoms in total. The standard InChI is InChI=1S/C18H21ClN2O3/c1-12-6-4-5-7-14(12)21-18(22)8-9-20-15-11-16(23-2)13(19)10-17(15)24-3/h4-7,10-11,20H,8-9H2,1-3H3,(H,21,22). The van der Waals surface area contributed by atoms with Crippen molar-refractivity contribution in [2.75, 3.05) is 31.4 Å². The molecule has 0 spiro atoms. The van der Waals surface area contributed by atoms with E-state index < -0.39 is 0 Å². The van der Waals surface area contributed by atoms with E-state index in [4.69, 9.17) is 21.1 Å². The van der Waals surface area contributed by atoms with Crippen LogP contribution in [0.4, 0.5) is 11.4 Å². The van der Waals surface area contributed by atoms with Crippen molar-refractivity contribution >= 4 is 28.9 Å². The molecule has 0 atom stereocenters. The summed E-state index contributed by atoms with van der Waals surface area (Å²) < 4.78 is 10.5. The van der Waals surface area contributed by atoms with Crippen molar-refractivity contribution in [1.82, 2.24) is 0 Å². The summed E-state index contributed by atoms with van der Waals surface area (Å²) in [5, 5.41) is 6.54. The molecule has 0 radical (unpaired) electrons. The Balaban J connectivity index is 1.94. The van der Waals surface area contributed by atoms with E-state index in [9.17, 15) is 4.79 Å². The number of nitrogens with one attached hydrogen (secondary N) is 2. The van der Waals surface area contributed by atoms with Gasteiger partial charge in [0.1, 0.15) is 11.5 Å². The van der Waals surface area contributed by atoms with Crippen molar-refractivity contribution in [3.63, 3.8) is 0 Å². The van der Waals surface area contributed by atoms with E-state index in [0.29, 0.717) is 29.5 Å². The number of amides is 1. The minimum atomic E-state index is -0.0586. The van der Waals surface area contributed by atoms with Crippen molar-refractivity contribution in [2.24, 2.45) is 0 Å². The topological polar surface area (TPSA) is 59.6 Å². The molecule has 0 unspecified atom stereocenters. The normalized spacial score (nSPS) is 10.2. The molecular weight excluding hydrogens is 328 g/mol. The number of carbonyl (C=O) groups is 1. The summed E-state index contributed by atoms with van der Waals surface area (Å²) in [5.41, 5.74) is 2.58. The molecule has 128 valence electrons. The van der Waals surface area contributed by atoms with Gasteiger partial charge in [0.05, 0.1) is 24.9 Å². The highest BCUT2D eigenvalue weighted by Gasteiger charge is 2.10. The monoisotopic (exact) mass is 348 g/mol. The molecule has 0 aliphatic rings. The van der Waals surface area contributed by atoms with Gasteiger partial charge in [-0.25, -0.2) is 0 Å². The van der Waals surface area contributed by atoms with Gasteiger partial charge < -0.3 is 20.1 Å². The van der Waals surface area contributed by atoms with Gasteiger partial charge in [-0.1, -0.05) is 29.8 Å². The van der Waals surface area contributed by atoms with Crippen LogP contribution in [0.5, 0.6) is 11.5 Å². The SMILES string of the molecule is COc1cc(NCCC(=O)Nc2ccccc2C)c(OC)cc1Cl. The zero-order valence-corrected chi connectivity index (χ0v) is 14.7. The summed E-state index contributed by atoms with van der Waals surface area (Å²) in [6, 6.07) is 11.1. The maximum atomic E-state index is 12.1. The first kappa shape index (κ1) is 17.9. The van der Waals surface area contributed by atoms with Gasteiger partial charge >= 0.3 is 0 Å². The molecule has 1 amide bonds. The molecule has 2 aromatic rings. The van der Waals surface area contributed by atoms with E-state index in [2.05, 4.69) is 10.6 Å². The Morgan fingerprint density at radius 1 is 1.08 bits per heavy atom. The van der Waals surface area contributed by atoms with Crippen molar-refractivity contribution in [1.29, 1.82) is 0 Å². The number of para-hydroxylation sites is 1. The molecule has 0 saturated heterocycles. The third kappa shape index (κ3) is 4.55. The van der Waals surface area contributed by atoms with E-state index in [1.165, 1.54) is 0 Å². The van der Waals surface area contributed by atoms with E-state index in [1.807, 2.05) is 31.2 Å². The lowest BCUT2D eigenvalue weighted by atomic mass is 10.2. The summed E-state index contributed by atoms with van der Waals surface area (Å²) in [5.74, 6) is 1.08. The average molecular weight is 349 g/mol. The second kappa shape index (κ2) is 8.45. The Kier molecular flexibility index (Phi) is 6.32. The van der Waals surface area contributed by atoms with Crippen LogP contribution in [0.3, 0.4) is 0 Å². The quantitative estimate of drug-likeness (QED) is 0.790. The second-order valence-corrected chi connectivity index (χ2v) is 5.63. The van der Waals surface area contributed by atoms with Crippen LogP contribution in [-0.4, -0.2) is 26.7 Å². The molecule has 2 N–H and O–H groups in total. The maximum Gasteiger partial charge on any atom is 0.226 e. The Bertz CT molecular complexity index is 719. The molecule has 2 rings (SSSR count). The van der Waals surface area contributed by atoms with E-state index in [-0.39, 0.29) is 5.91 Å². The Morgan fingerprint density at radius 2 is 1.79 bits per heavy atom. The first-order valence-electron chi connectivity index (χ1n) is 7.56. The molecule has 24 heavy (non-hydrogen) atoms. The zero-order valence-electron chi connectivity index (χ0n) is 14.0. The number of aryl methyl sites for hydroxylation is 1. The highest BCUT2D eigenvalue weighted by atomic mass is 35.5. The van der Waals surface area contributed by atoms with Gasteiger partial charge in [-0.05, 0) is 18.6 Å². The lowest BCUT2D eigenvalue weighted by molar-refractivity contribution is -0.115. The van der Waals surface area contributed by atoms with Crippen molar-refractivity contribution in [3.05, 3.63) is 47.0 Å². The minimum absolute atomic E-state index is 0.0586. The van der Waals surface area contributed by atoms with Crippen molar-refractivity contribution < 1.29 is 14.3 Å². The predicted octanol–water partition coefficient (Wildman–Crippen LogP) is 4.11. The lowest BCUT2D eigenvalue weighted by Gasteiger charge is -2.14. The van der Waals surface area contributed by atoms with E-state index in [0.717, 1.165) is 16.9 Å². The summed E-state index contributed by atoms with van der Waals surface area (Å²) in [4.78, 5) is 12.1. The van der Waals surface area contributed by atoms with E-state index >= 15 is 0 Å². The molecule has 0 heterocycles. The fourth-order valence-electron chi connectivity index (χ4n) is 2.24. The van der Waals surface area contributed by atoms with Crippen molar-refractivity contribution in [2.45, 2.75) is 13.3 Å². The molecule has 6 heteroatoms. The highest BCUT2D eigenvalue weighted by molar-refractivity contribution is 6.32. The maximum absolute atomic E-state index is 12.1. The second-order valence-electron chi connectivity index (χ2n) is 5.23. The Hall–Kier alpha value is -2.40. The molecule has 0 bridgehead atoms. The van der Waals surface area contributed by atoms with Gasteiger partial charge in [0.15, 0.2) is 0 Å². The summed E-state index contributed by atoms with van der Waals surface area (Å²) >= 11 is 6.07. The van der Waals surface area contributed by atoms with Crippen LogP contribution in [0, 0.1) is 6.92 Å². The third-order valence-corrected chi connectivity index (χ3v) is 3.86. The summed E-state index contributed by atoms with van der Waals surface area (Å²) in [6.07, 6.45) is 0.322. The van der Waals surface area contributed by atoms with Gasteiger partial charge in [-0.15, -0.1) is 0 Å². The average Bonchev–Trinajstić information content (AvgIpc) is 2.57. The van der Waals surface area contributed by atoms with Crippen LogP contribution >= 0.6 is 11.6 Å². The third-order valence-electron chi connectivity index (χ3n) is 3.56. The Morgan fingerprint density at radius 3 is 2.46 bits per heavy atom. The lowest BCUT2D eigenvalue weighted by Crippen LogP contribution is -2.17. The van der Waals surface area contributed by atoms with Gasteiger partial charge in [-0.2, -0.15) is 0 Å². The van der Waals surface area contributed by atoms with Crippen LogP contribution in [0.15, 0.2) is 36.4 Å². The van der Waals surface area contributed by atoms with E-state index in [1.54, 1.807) is 26.4 Å². The molecule has 0 aliphatic carbocycles. The van der Waals surface area contributed by atoms with Gasteiger partial charge in [0.2, 0.25) is 5.91 Å². The van der Waals surface area contributed by atoms with Gasteiger partial charge in [-0.3, -0.25) is 4.79 Å². The minimum Gasteiger partial charge on any atom is -0.495 e. The number of hydrogen-bond donors (Lipinski definition) is 2. The fourth-order valence-corrected chi connectivity index (χ4v) is 2.47. The number of rotatable bonds is 7. The van der Waals surface area contributed by atoms with Crippen LogP contribution in [0.2, 0.25) is 5.02 Å². The molecular formula is C18H21ClN2O3. The first-order chi connectivity index (χ1) is 11.5. The number of carbonyl (C=O) groups excluding carboxylic acids is 1. The number of methoxy groups -OCH3 is 2. The number of benzene rings is 2. The smallest absolute Gasteiger partial charge is 0.226 e. The Labute approximate surface area is 146 Å². The molecule has 2 aromatic carbocycles. The van der Waals surface area contributed by atoms with Crippen LogP contribution in [-0.2, 0) is 4.79 Å². The number of ether oxygens (including phenoxy) is 2. The van der Waals surface area contributed by atoms with Gasteiger partial charge in [0, 0.05) is 30.8 Å². The molecule has 0 aliphatic heterocycles. The van der Waals surface area contributed by atoms with Crippen molar-refractivity contribution in [3.8, 4) is 11.5 Å². The number of hydrogen-bond acceptors (Lipinski definition) is 4. The summed E-state index contributed by atoms with van der Waals surface area (Å²) in [6.45, 7) is 2.41. The number of halogens is 1. The highest BCUT2D eigenvalue weighted by Crippen LogP contribution is 2.35. The van der Waals surface area contributed by atoms with Crippen LogP contribution < -0.4 is 20.1 Å². The van der Waals surface area contributed by atoms with Crippen LogP contribution in [0.1, 0.15) is 12.0 Å². The largest absolute Gasteiger partial charge is 0.495 e. The zero-order chi connectivity index (χ0) is 17.5. The first-order valence-corrected chi connectivity index (χ1v) is 7.93. The van der Waals surface area contributed by atoms with Gasteiger partial charge in [0.25, 0.3) is 0 Å².